The van der Waals surface area contributed by atoms with E-state index in [4.69, 9.17) is 9.47 Å². The number of nitrogens with zero attached hydrogens (tertiary/aromatic N) is 3. The molecule has 2 aromatic carbocycles. The van der Waals surface area contributed by atoms with Crippen LogP contribution < -0.4 is 20.3 Å². The predicted molar refractivity (Wildman–Crippen MR) is 111 cm³/mol. The van der Waals surface area contributed by atoms with Crippen LogP contribution >= 0.6 is 0 Å². The largest absolute Gasteiger partial charge is 0.493 e. The first-order valence-electron chi connectivity index (χ1n) is 9.12. The average Bonchev–Trinajstić information content (AvgIpc) is 3.19. The van der Waals surface area contributed by atoms with Crippen molar-refractivity contribution in [3.63, 3.8) is 0 Å². The summed E-state index contributed by atoms with van der Waals surface area (Å²) in [4.78, 5) is 31.4. The average molecular weight is 405 g/mol. The van der Waals surface area contributed by atoms with Crippen LogP contribution in [0.2, 0.25) is 0 Å². The van der Waals surface area contributed by atoms with Gasteiger partial charge in [-0.1, -0.05) is 18.2 Å². The van der Waals surface area contributed by atoms with Crippen LogP contribution in [0.15, 0.2) is 59.8 Å². The van der Waals surface area contributed by atoms with E-state index >= 15 is 0 Å². The number of rotatable bonds is 6. The SMILES string of the molecule is COc1ccc(CC(=O)Nc2ccccc2-n2ncc3c(=O)[nH]cnc32)cc1OC. The number of hydrogen-bond donors (Lipinski definition) is 2. The fraction of sp³-hybridized carbons (Fsp3) is 0.143. The molecule has 0 aliphatic rings. The van der Waals surface area contributed by atoms with Gasteiger partial charge in [-0.2, -0.15) is 5.10 Å². The molecule has 0 atom stereocenters. The van der Waals surface area contributed by atoms with E-state index in [9.17, 15) is 9.59 Å². The number of ether oxygens (including phenoxy) is 2. The van der Waals surface area contributed by atoms with Crippen molar-refractivity contribution in [3.8, 4) is 17.2 Å². The minimum Gasteiger partial charge on any atom is -0.493 e. The van der Waals surface area contributed by atoms with Crippen LogP contribution in [0.3, 0.4) is 0 Å². The molecule has 0 fully saturated rings. The van der Waals surface area contributed by atoms with Crippen LogP contribution in [0.5, 0.6) is 11.5 Å². The number of carbonyl (C=O) groups is 1. The fourth-order valence-corrected chi connectivity index (χ4v) is 3.17. The van der Waals surface area contributed by atoms with Crippen molar-refractivity contribution in [2.75, 3.05) is 19.5 Å². The molecule has 0 aliphatic heterocycles. The van der Waals surface area contributed by atoms with Crippen molar-refractivity contribution in [3.05, 3.63) is 70.9 Å². The lowest BCUT2D eigenvalue weighted by atomic mass is 10.1. The van der Waals surface area contributed by atoms with Crippen LogP contribution in [0.4, 0.5) is 5.69 Å². The number of methoxy groups -OCH3 is 2. The van der Waals surface area contributed by atoms with E-state index in [1.807, 2.05) is 12.1 Å². The Bertz CT molecular complexity index is 1280. The first kappa shape index (κ1) is 19.2. The van der Waals surface area contributed by atoms with Crippen molar-refractivity contribution < 1.29 is 14.3 Å². The second-order valence-corrected chi connectivity index (χ2v) is 6.46. The van der Waals surface area contributed by atoms with E-state index in [2.05, 4.69) is 20.4 Å². The third-order valence-electron chi connectivity index (χ3n) is 4.59. The molecule has 2 N–H and O–H groups in total. The normalized spacial score (nSPS) is 10.7. The van der Waals surface area contributed by atoms with Gasteiger partial charge in [0.05, 0.1) is 44.5 Å². The summed E-state index contributed by atoms with van der Waals surface area (Å²) in [5.74, 6) is 0.944. The Hall–Kier alpha value is -4.14. The van der Waals surface area contributed by atoms with Gasteiger partial charge in [0.15, 0.2) is 17.1 Å². The zero-order valence-electron chi connectivity index (χ0n) is 16.4. The Labute approximate surface area is 171 Å². The Kier molecular flexibility index (Phi) is 5.17. The van der Waals surface area contributed by atoms with Crippen LogP contribution in [0.1, 0.15) is 5.56 Å². The van der Waals surface area contributed by atoms with Gasteiger partial charge in [0.25, 0.3) is 5.56 Å². The fourth-order valence-electron chi connectivity index (χ4n) is 3.17. The maximum Gasteiger partial charge on any atom is 0.261 e. The van der Waals surface area contributed by atoms with Crippen LogP contribution in [-0.4, -0.2) is 39.9 Å². The first-order valence-corrected chi connectivity index (χ1v) is 9.12. The van der Waals surface area contributed by atoms with Crippen LogP contribution in [0, 0.1) is 0 Å². The second-order valence-electron chi connectivity index (χ2n) is 6.46. The summed E-state index contributed by atoms with van der Waals surface area (Å²) in [6.07, 6.45) is 2.91. The molecule has 1 amide bonds. The van der Waals surface area contributed by atoms with E-state index in [0.717, 1.165) is 5.56 Å². The van der Waals surface area contributed by atoms with Gasteiger partial charge in [-0.05, 0) is 29.8 Å². The Morgan fingerprint density at radius 3 is 2.73 bits per heavy atom. The number of para-hydroxylation sites is 2. The minimum absolute atomic E-state index is 0.145. The van der Waals surface area contributed by atoms with Crippen molar-refractivity contribution in [2.45, 2.75) is 6.42 Å². The van der Waals surface area contributed by atoms with Gasteiger partial charge in [-0.25, -0.2) is 9.67 Å². The molecule has 0 saturated heterocycles. The van der Waals surface area contributed by atoms with Gasteiger partial charge >= 0.3 is 0 Å². The number of aromatic nitrogens is 4. The Morgan fingerprint density at radius 2 is 1.93 bits per heavy atom. The third-order valence-corrected chi connectivity index (χ3v) is 4.59. The number of carbonyl (C=O) groups excluding carboxylic acids is 1. The summed E-state index contributed by atoms with van der Waals surface area (Å²) in [5.41, 5.74) is 2.06. The van der Waals surface area contributed by atoms with Crippen molar-refractivity contribution in [2.24, 2.45) is 0 Å². The number of fused-ring (bicyclic) bond motifs is 1. The van der Waals surface area contributed by atoms with Crippen molar-refractivity contribution in [1.29, 1.82) is 0 Å². The van der Waals surface area contributed by atoms with Crippen LogP contribution in [-0.2, 0) is 11.2 Å². The molecular weight excluding hydrogens is 386 g/mol. The van der Waals surface area contributed by atoms with Gasteiger partial charge < -0.3 is 19.8 Å². The number of anilines is 1. The highest BCUT2D eigenvalue weighted by molar-refractivity contribution is 5.94. The monoisotopic (exact) mass is 405 g/mol. The minimum atomic E-state index is -0.277. The maximum absolute atomic E-state index is 12.7. The molecule has 0 spiro atoms. The highest BCUT2D eigenvalue weighted by atomic mass is 16.5. The standard InChI is InChI=1S/C21H19N5O4/c1-29-17-8-7-13(9-18(17)30-2)10-19(27)25-15-5-3-4-6-16(15)26-20-14(11-24-26)21(28)23-12-22-20/h3-9,11-12H,10H2,1-2H3,(H,25,27)(H,22,23,28). The molecule has 9 heteroatoms. The molecule has 152 valence electrons. The molecular formula is C21H19N5O4. The van der Waals surface area contributed by atoms with Gasteiger partial charge in [0.2, 0.25) is 5.91 Å². The predicted octanol–water partition coefficient (Wildman–Crippen LogP) is 2.31. The summed E-state index contributed by atoms with van der Waals surface area (Å²) in [7, 11) is 3.11. The lowest BCUT2D eigenvalue weighted by Crippen LogP contribution is -2.16. The summed E-state index contributed by atoms with van der Waals surface area (Å²) in [6, 6.07) is 12.5. The Morgan fingerprint density at radius 1 is 1.13 bits per heavy atom. The van der Waals surface area contributed by atoms with Crippen molar-refractivity contribution >= 4 is 22.6 Å². The smallest absolute Gasteiger partial charge is 0.261 e. The van der Waals surface area contributed by atoms with Gasteiger partial charge in [-0.3, -0.25) is 9.59 Å². The summed E-state index contributed by atoms with van der Waals surface area (Å²) in [6.45, 7) is 0. The lowest BCUT2D eigenvalue weighted by molar-refractivity contribution is -0.115. The van der Waals surface area contributed by atoms with Gasteiger partial charge in [-0.15, -0.1) is 0 Å². The van der Waals surface area contributed by atoms with Crippen molar-refractivity contribution in [1.82, 2.24) is 19.7 Å². The second kappa shape index (κ2) is 8.08. The highest BCUT2D eigenvalue weighted by Crippen LogP contribution is 2.28. The van der Waals surface area contributed by atoms with E-state index < -0.39 is 0 Å². The molecule has 0 saturated carbocycles. The molecule has 0 bridgehead atoms. The van der Waals surface area contributed by atoms with Crippen LogP contribution in [0.25, 0.3) is 16.7 Å². The van der Waals surface area contributed by atoms with E-state index in [-0.39, 0.29) is 17.9 Å². The van der Waals surface area contributed by atoms with E-state index in [0.29, 0.717) is 33.9 Å². The highest BCUT2D eigenvalue weighted by Gasteiger charge is 2.14. The lowest BCUT2D eigenvalue weighted by Gasteiger charge is -2.12. The quantitative estimate of drug-likeness (QED) is 0.509. The topological polar surface area (TPSA) is 111 Å². The zero-order chi connectivity index (χ0) is 21.1. The molecule has 0 aliphatic carbocycles. The summed E-state index contributed by atoms with van der Waals surface area (Å²) < 4.78 is 12.0. The number of amides is 1. The maximum atomic E-state index is 12.7. The Balaban J connectivity index is 1.61. The number of aromatic amines is 1. The molecule has 9 nitrogen and oxygen atoms in total. The molecule has 30 heavy (non-hydrogen) atoms. The number of H-pyrrole nitrogens is 1. The molecule has 0 radical (unpaired) electrons. The van der Waals surface area contributed by atoms with E-state index in [1.54, 1.807) is 44.6 Å². The van der Waals surface area contributed by atoms with Gasteiger partial charge in [0, 0.05) is 0 Å². The summed E-state index contributed by atoms with van der Waals surface area (Å²) >= 11 is 0. The third kappa shape index (κ3) is 3.60. The number of benzene rings is 2. The van der Waals surface area contributed by atoms with Gasteiger partial charge in [0.1, 0.15) is 5.39 Å². The zero-order valence-corrected chi connectivity index (χ0v) is 16.4. The number of hydrogen-bond acceptors (Lipinski definition) is 6. The molecule has 4 rings (SSSR count). The first-order chi connectivity index (χ1) is 14.6. The molecule has 2 aromatic heterocycles. The molecule has 4 aromatic rings. The van der Waals surface area contributed by atoms with E-state index in [1.165, 1.54) is 17.2 Å². The summed E-state index contributed by atoms with van der Waals surface area (Å²) in [5, 5.41) is 7.54. The molecule has 2 heterocycles. The molecule has 0 unspecified atom stereocenters. The number of nitrogens with one attached hydrogen (secondary N) is 2.